The Labute approximate surface area is 207 Å². The summed E-state index contributed by atoms with van der Waals surface area (Å²) in [6.07, 6.45) is 0.644. The minimum Gasteiger partial charge on any atom is -0.507 e. The third kappa shape index (κ3) is 5.68. The van der Waals surface area contributed by atoms with Crippen LogP contribution in [0.5, 0.6) is 11.5 Å². The van der Waals surface area contributed by atoms with Crippen LogP contribution in [0.4, 0.5) is 0 Å². The molecule has 0 aromatic heterocycles. The number of benzene rings is 2. The van der Waals surface area contributed by atoms with Gasteiger partial charge in [-0.2, -0.15) is 0 Å². The van der Waals surface area contributed by atoms with Crippen LogP contribution in [0.25, 0.3) is 5.76 Å². The summed E-state index contributed by atoms with van der Waals surface area (Å²) in [6.45, 7) is 8.74. The van der Waals surface area contributed by atoms with Gasteiger partial charge in [0.25, 0.3) is 11.7 Å². The van der Waals surface area contributed by atoms with Gasteiger partial charge in [0.1, 0.15) is 17.3 Å². The first-order valence-corrected chi connectivity index (χ1v) is 11.9. The number of carbonyl (C=O) groups is 2. The van der Waals surface area contributed by atoms with Gasteiger partial charge in [-0.15, -0.1) is 0 Å². The molecule has 0 spiro atoms. The van der Waals surface area contributed by atoms with Crippen molar-refractivity contribution < 1.29 is 28.9 Å². The van der Waals surface area contributed by atoms with Crippen LogP contribution in [0.3, 0.4) is 0 Å². The zero-order chi connectivity index (χ0) is 25.7. The molecule has 0 radical (unpaired) electrons. The molecule has 1 N–H and O–H groups in total. The van der Waals surface area contributed by atoms with Crippen molar-refractivity contribution in [2.75, 3.05) is 27.4 Å². The second-order valence-corrected chi connectivity index (χ2v) is 9.15. The SMILES string of the molecule is COc1ccc(C2/C(=C(/O)c3ccc(OC)c(C(C)C)c3)C(=O)C(=O)N2CCCOC(C)C)cc1. The van der Waals surface area contributed by atoms with Crippen LogP contribution in [0.1, 0.15) is 62.8 Å². The monoisotopic (exact) mass is 481 g/mol. The van der Waals surface area contributed by atoms with E-state index < -0.39 is 17.7 Å². The molecule has 0 saturated carbocycles. The quantitative estimate of drug-likeness (QED) is 0.221. The first kappa shape index (κ1) is 26.3. The molecule has 1 fully saturated rings. The van der Waals surface area contributed by atoms with Gasteiger partial charge in [0.15, 0.2) is 0 Å². The average molecular weight is 482 g/mol. The molecular formula is C28H35NO6. The maximum atomic E-state index is 13.2. The van der Waals surface area contributed by atoms with Crippen molar-refractivity contribution in [1.29, 1.82) is 0 Å². The lowest BCUT2D eigenvalue weighted by Crippen LogP contribution is -2.31. The highest BCUT2D eigenvalue weighted by molar-refractivity contribution is 6.46. The fourth-order valence-electron chi connectivity index (χ4n) is 4.29. The second kappa shape index (κ2) is 11.4. The number of rotatable bonds is 10. The van der Waals surface area contributed by atoms with E-state index in [9.17, 15) is 14.7 Å². The van der Waals surface area contributed by atoms with Crippen molar-refractivity contribution in [2.24, 2.45) is 0 Å². The Morgan fingerprint density at radius 1 is 1.00 bits per heavy atom. The maximum Gasteiger partial charge on any atom is 0.295 e. The number of aliphatic hydroxyl groups excluding tert-OH is 1. The number of likely N-dealkylation sites (tertiary alicyclic amines) is 1. The van der Waals surface area contributed by atoms with E-state index in [1.54, 1.807) is 38.5 Å². The molecule has 1 amide bonds. The molecule has 1 unspecified atom stereocenters. The normalized spacial score (nSPS) is 17.5. The highest BCUT2D eigenvalue weighted by Crippen LogP contribution is 2.40. The summed E-state index contributed by atoms with van der Waals surface area (Å²) in [4.78, 5) is 27.9. The number of Topliss-reactive ketones (excluding diaryl/α,β-unsaturated/α-hetero) is 1. The number of carbonyl (C=O) groups excluding carboxylic acids is 2. The van der Waals surface area contributed by atoms with Gasteiger partial charge in [-0.05, 0) is 67.6 Å². The molecule has 2 aromatic carbocycles. The number of hydrogen-bond donors (Lipinski definition) is 1. The second-order valence-electron chi connectivity index (χ2n) is 9.15. The fourth-order valence-corrected chi connectivity index (χ4v) is 4.29. The van der Waals surface area contributed by atoms with Gasteiger partial charge in [0.2, 0.25) is 0 Å². The number of amides is 1. The number of methoxy groups -OCH3 is 2. The van der Waals surface area contributed by atoms with Gasteiger partial charge in [-0.3, -0.25) is 9.59 Å². The van der Waals surface area contributed by atoms with Gasteiger partial charge in [0.05, 0.1) is 31.9 Å². The smallest absolute Gasteiger partial charge is 0.295 e. The lowest BCUT2D eigenvalue weighted by Gasteiger charge is -2.25. The summed E-state index contributed by atoms with van der Waals surface area (Å²) in [5.41, 5.74) is 2.16. The van der Waals surface area contributed by atoms with Gasteiger partial charge in [-0.1, -0.05) is 26.0 Å². The molecule has 1 heterocycles. The molecule has 1 saturated heterocycles. The molecule has 7 nitrogen and oxygen atoms in total. The number of hydrogen-bond acceptors (Lipinski definition) is 6. The minimum atomic E-state index is -0.718. The Hall–Kier alpha value is -3.32. The van der Waals surface area contributed by atoms with Crippen LogP contribution in [-0.4, -0.2) is 55.2 Å². The van der Waals surface area contributed by atoms with Crippen molar-refractivity contribution in [3.05, 3.63) is 64.7 Å². The van der Waals surface area contributed by atoms with Crippen LogP contribution in [0, 0.1) is 0 Å². The van der Waals surface area contributed by atoms with E-state index in [2.05, 4.69) is 0 Å². The van der Waals surface area contributed by atoms with Gasteiger partial charge in [-0.25, -0.2) is 0 Å². The number of ketones is 1. The third-order valence-electron chi connectivity index (χ3n) is 6.09. The Morgan fingerprint density at radius 3 is 2.26 bits per heavy atom. The predicted molar refractivity (Wildman–Crippen MR) is 135 cm³/mol. The Bertz CT molecular complexity index is 1090. The topological polar surface area (TPSA) is 85.3 Å². The van der Waals surface area contributed by atoms with Crippen molar-refractivity contribution in [3.8, 4) is 11.5 Å². The van der Waals surface area contributed by atoms with E-state index in [4.69, 9.17) is 14.2 Å². The molecular weight excluding hydrogens is 446 g/mol. The van der Waals surface area contributed by atoms with Crippen LogP contribution in [0.2, 0.25) is 0 Å². The van der Waals surface area contributed by atoms with Gasteiger partial charge >= 0.3 is 0 Å². The van der Waals surface area contributed by atoms with Crippen LogP contribution < -0.4 is 9.47 Å². The highest BCUT2D eigenvalue weighted by atomic mass is 16.5. The Morgan fingerprint density at radius 2 is 1.69 bits per heavy atom. The Balaban J connectivity index is 2.09. The standard InChI is InChI=1S/C28H35NO6/c1-17(2)22-16-20(10-13-23(22)34-6)26(30)24-25(19-8-11-21(33-5)12-9-19)29(28(32)27(24)31)14-7-15-35-18(3)4/h8-13,16-18,25,30H,7,14-15H2,1-6H3/b26-24-. The summed E-state index contributed by atoms with van der Waals surface area (Å²) in [5.74, 6) is -0.0285. The van der Waals surface area contributed by atoms with E-state index >= 15 is 0 Å². The zero-order valence-corrected chi connectivity index (χ0v) is 21.3. The highest BCUT2D eigenvalue weighted by Gasteiger charge is 2.45. The largest absolute Gasteiger partial charge is 0.507 e. The lowest BCUT2D eigenvalue weighted by molar-refractivity contribution is -0.140. The van der Waals surface area contributed by atoms with E-state index in [0.29, 0.717) is 42.2 Å². The van der Waals surface area contributed by atoms with Crippen LogP contribution >= 0.6 is 0 Å². The maximum absolute atomic E-state index is 13.2. The van der Waals surface area contributed by atoms with Crippen molar-refractivity contribution in [3.63, 3.8) is 0 Å². The van der Waals surface area contributed by atoms with Crippen molar-refractivity contribution in [2.45, 2.75) is 52.2 Å². The van der Waals surface area contributed by atoms with Crippen molar-refractivity contribution >= 4 is 17.4 Å². The molecule has 35 heavy (non-hydrogen) atoms. The summed E-state index contributed by atoms with van der Waals surface area (Å²) in [7, 11) is 3.17. The summed E-state index contributed by atoms with van der Waals surface area (Å²) >= 11 is 0. The van der Waals surface area contributed by atoms with E-state index in [1.807, 2.05) is 45.9 Å². The molecule has 1 aliphatic heterocycles. The molecule has 1 aliphatic rings. The van der Waals surface area contributed by atoms with Gasteiger partial charge < -0.3 is 24.2 Å². The zero-order valence-electron chi connectivity index (χ0n) is 21.3. The number of aliphatic hydroxyl groups is 1. The molecule has 0 aliphatic carbocycles. The van der Waals surface area contributed by atoms with E-state index in [1.165, 1.54) is 4.90 Å². The Kier molecular flexibility index (Phi) is 8.57. The summed E-state index contributed by atoms with van der Waals surface area (Å²) in [6, 6.07) is 11.8. The van der Waals surface area contributed by atoms with Crippen molar-refractivity contribution in [1.82, 2.24) is 4.90 Å². The molecule has 2 aromatic rings. The predicted octanol–water partition coefficient (Wildman–Crippen LogP) is 5.06. The molecule has 0 bridgehead atoms. The van der Waals surface area contributed by atoms with E-state index in [-0.39, 0.29) is 23.4 Å². The number of nitrogens with zero attached hydrogens (tertiary/aromatic N) is 1. The molecule has 188 valence electrons. The first-order chi connectivity index (χ1) is 16.7. The van der Waals surface area contributed by atoms with Crippen LogP contribution in [-0.2, 0) is 14.3 Å². The molecule has 3 rings (SSSR count). The van der Waals surface area contributed by atoms with Crippen LogP contribution in [0.15, 0.2) is 48.0 Å². The van der Waals surface area contributed by atoms with Gasteiger partial charge in [0, 0.05) is 18.7 Å². The molecule has 1 atom stereocenters. The average Bonchev–Trinajstić information content (AvgIpc) is 3.10. The summed E-state index contributed by atoms with van der Waals surface area (Å²) < 4.78 is 16.3. The number of ether oxygens (including phenoxy) is 3. The fraction of sp³-hybridized carbons (Fsp3) is 0.429. The lowest BCUT2D eigenvalue weighted by atomic mass is 9.93. The third-order valence-corrected chi connectivity index (χ3v) is 6.09. The van der Waals surface area contributed by atoms with E-state index in [0.717, 1.165) is 5.56 Å². The summed E-state index contributed by atoms with van der Waals surface area (Å²) in [5, 5.41) is 11.4. The molecule has 7 heteroatoms. The minimum absolute atomic E-state index is 0.0739. The first-order valence-electron chi connectivity index (χ1n) is 11.9.